The molecule has 1 saturated carbocycles. The molecule has 0 bridgehead atoms. The highest BCUT2D eigenvalue weighted by Gasteiger charge is 2.30. The Balaban J connectivity index is 2.16. The van der Waals surface area contributed by atoms with E-state index in [2.05, 4.69) is 25.1 Å². The SMILES string of the molecule is CN(C)[C@H]1C[C@@H](c2ccc(Cl)c(Cl)c2)CC[C@@H]1N. The average Bonchev–Trinajstić information content (AvgIpc) is 2.33. The minimum atomic E-state index is 0.277. The predicted molar refractivity (Wildman–Crippen MR) is 78.5 cm³/mol. The highest BCUT2D eigenvalue weighted by molar-refractivity contribution is 6.42. The maximum atomic E-state index is 6.19. The summed E-state index contributed by atoms with van der Waals surface area (Å²) in [6, 6.07) is 6.69. The Morgan fingerprint density at radius 2 is 1.89 bits per heavy atom. The van der Waals surface area contributed by atoms with Crippen molar-refractivity contribution in [2.75, 3.05) is 14.1 Å². The number of likely N-dealkylation sites (N-methyl/N-ethyl adjacent to an activating group) is 1. The lowest BCUT2D eigenvalue weighted by molar-refractivity contribution is 0.186. The Morgan fingerprint density at radius 3 is 2.50 bits per heavy atom. The largest absolute Gasteiger partial charge is 0.326 e. The Hall–Kier alpha value is -0.280. The summed E-state index contributed by atoms with van der Waals surface area (Å²) in [7, 11) is 4.20. The summed E-state index contributed by atoms with van der Waals surface area (Å²) in [6.45, 7) is 0. The molecule has 1 aromatic rings. The van der Waals surface area contributed by atoms with Crippen LogP contribution in [-0.2, 0) is 0 Å². The van der Waals surface area contributed by atoms with Crippen molar-refractivity contribution in [3.63, 3.8) is 0 Å². The molecule has 0 spiro atoms. The van der Waals surface area contributed by atoms with Crippen molar-refractivity contribution in [3.8, 4) is 0 Å². The van der Waals surface area contributed by atoms with Crippen LogP contribution in [0, 0.1) is 0 Å². The second-order valence-electron chi connectivity index (χ2n) is 5.38. The molecule has 0 unspecified atom stereocenters. The topological polar surface area (TPSA) is 29.3 Å². The molecule has 2 nitrogen and oxygen atoms in total. The smallest absolute Gasteiger partial charge is 0.0595 e. The van der Waals surface area contributed by atoms with Gasteiger partial charge in [-0.15, -0.1) is 0 Å². The van der Waals surface area contributed by atoms with Crippen LogP contribution in [0.5, 0.6) is 0 Å². The number of hydrogen-bond donors (Lipinski definition) is 1. The second kappa shape index (κ2) is 5.79. The summed E-state index contributed by atoms with van der Waals surface area (Å²) < 4.78 is 0. The van der Waals surface area contributed by atoms with E-state index in [1.54, 1.807) is 0 Å². The standard InChI is InChI=1S/C14H20Cl2N2/c1-18(2)14-8-10(4-6-13(14)17)9-3-5-11(15)12(16)7-9/h3,5,7,10,13-14H,4,6,8,17H2,1-2H3/t10-,13-,14-/m0/s1. The van der Waals surface area contributed by atoms with Gasteiger partial charge in [-0.05, 0) is 57.0 Å². The minimum Gasteiger partial charge on any atom is -0.326 e. The molecule has 0 aromatic heterocycles. The van der Waals surface area contributed by atoms with E-state index in [1.165, 1.54) is 5.56 Å². The van der Waals surface area contributed by atoms with Gasteiger partial charge in [0, 0.05) is 12.1 Å². The fraction of sp³-hybridized carbons (Fsp3) is 0.571. The fourth-order valence-electron chi connectivity index (χ4n) is 2.83. The van der Waals surface area contributed by atoms with Gasteiger partial charge in [0.05, 0.1) is 10.0 Å². The number of halogens is 2. The van der Waals surface area contributed by atoms with E-state index in [9.17, 15) is 0 Å². The normalized spacial score (nSPS) is 28.7. The van der Waals surface area contributed by atoms with Gasteiger partial charge < -0.3 is 10.6 Å². The van der Waals surface area contributed by atoms with Gasteiger partial charge in [0.15, 0.2) is 0 Å². The third-order valence-electron chi connectivity index (χ3n) is 3.95. The molecule has 18 heavy (non-hydrogen) atoms. The van der Waals surface area contributed by atoms with Gasteiger partial charge in [-0.3, -0.25) is 0 Å². The summed E-state index contributed by atoms with van der Waals surface area (Å²) in [6.07, 6.45) is 3.28. The maximum Gasteiger partial charge on any atom is 0.0595 e. The summed E-state index contributed by atoms with van der Waals surface area (Å²) in [5.74, 6) is 0.534. The number of nitrogens with two attached hydrogens (primary N) is 1. The molecule has 1 aliphatic carbocycles. The van der Waals surface area contributed by atoms with Crippen LogP contribution in [0.2, 0.25) is 10.0 Å². The Labute approximate surface area is 119 Å². The zero-order valence-electron chi connectivity index (χ0n) is 10.9. The third-order valence-corrected chi connectivity index (χ3v) is 4.69. The van der Waals surface area contributed by atoms with E-state index < -0.39 is 0 Å². The Bertz CT molecular complexity index is 420. The molecule has 100 valence electrons. The van der Waals surface area contributed by atoms with Crippen molar-refractivity contribution < 1.29 is 0 Å². The molecule has 1 aromatic carbocycles. The molecule has 3 atom stereocenters. The van der Waals surface area contributed by atoms with Crippen molar-refractivity contribution in [3.05, 3.63) is 33.8 Å². The highest BCUT2D eigenvalue weighted by atomic mass is 35.5. The lowest BCUT2D eigenvalue weighted by Gasteiger charge is -2.38. The molecule has 0 radical (unpaired) electrons. The molecule has 0 saturated heterocycles. The van der Waals surface area contributed by atoms with Gasteiger partial charge >= 0.3 is 0 Å². The quantitative estimate of drug-likeness (QED) is 0.901. The Kier molecular flexibility index (Phi) is 4.54. The van der Waals surface area contributed by atoms with Gasteiger partial charge in [0.2, 0.25) is 0 Å². The summed E-state index contributed by atoms with van der Waals surface area (Å²) in [4.78, 5) is 2.23. The zero-order valence-corrected chi connectivity index (χ0v) is 12.4. The van der Waals surface area contributed by atoms with E-state index in [0.717, 1.165) is 19.3 Å². The lowest BCUT2D eigenvalue weighted by atomic mass is 9.78. The second-order valence-corrected chi connectivity index (χ2v) is 6.19. The predicted octanol–water partition coefficient (Wildman–Crippen LogP) is 3.52. The summed E-state index contributed by atoms with van der Waals surface area (Å²) >= 11 is 12.1. The van der Waals surface area contributed by atoms with E-state index in [4.69, 9.17) is 28.9 Å². The maximum absolute atomic E-state index is 6.19. The van der Waals surface area contributed by atoms with Crippen molar-refractivity contribution in [2.45, 2.75) is 37.3 Å². The number of rotatable bonds is 2. The first kappa shape index (κ1) is 14.1. The molecule has 0 amide bonds. The molecule has 2 N–H and O–H groups in total. The van der Waals surface area contributed by atoms with Crippen molar-refractivity contribution >= 4 is 23.2 Å². The molecule has 2 rings (SSSR count). The van der Waals surface area contributed by atoms with Crippen LogP contribution in [0.4, 0.5) is 0 Å². The Morgan fingerprint density at radius 1 is 1.17 bits per heavy atom. The van der Waals surface area contributed by atoms with Gasteiger partial charge in [0.1, 0.15) is 0 Å². The molecule has 1 aliphatic rings. The first-order valence-corrected chi connectivity index (χ1v) is 7.11. The highest BCUT2D eigenvalue weighted by Crippen LogP contribution is 2.36. The average molecular weight is 287 g/mol. The molecular weight excluding hydrogens is 267 g/mol. The number of nitrogens with zero attached hydrogens (tertiary/aromatic N) is 1. The van der Waals surface area contributed by atoms with Crippen molar-refractivity contribution in [1.82, 2.24) is 4.90 Å². The van der Waals surface area contributed by atoms with Gasteiger partial charge in [-0.2, -0.15) is 0 Å². The first-order chi connectivity index (χ1) is 8.49. The van der Waals surface area contributed by atoms with Crippen LogP contribution in [0.15, 0.2) is 18.2 Å². The van der Waals surface area contributed by atoms with E-state index in [-0.39, 0.29) is 6.04 Å². The zero-order chi connectivity index (χ0) is 13.3. The van der Waals surface area contributed by atoms with Crippen LogP contribution < -0.4 is 5.73 Å². The van der Waals surface area contributed by atoms with Crippen molar-refractivity contribution in [1.29, 1.82) is 0 Å². The van der Waals surface area contributed by atoms with E-state index in [1.807, 2.05) is 12.1 Å². The van der Waals surface area contributed by atoms with Crippen molar-refractivity contribution in [2.24, 2.45) is 5.73 Å². The number of hydrogen-bond acceptors (Lipinski definition) is 2. The van der Waals surface area contributed by atoms with Crippen LogP contribution in [-0.4, -0.2) is 31.1 Å². The van der Waals surface area contributed by atoms with E-state index >= 15 is 0 Å². The van der Waals surface area contributed by atoms with Crippen LogP contribution in [0.25, 0.3) is 0 Å². The van der Waals surface area contributed by atoms with Gasteiger partial charge in [0.25, 0.3) is 0 Å². The molecule has 0 heterocycles. The molecule has 1 fully saturated rings. The minimum absolute atomic E-state index is 0.277. The third kappa shape index (κ3) is 3.00. The van der Waals surface area contributed by atoms with Crippen LogP contribution in [0.1, 0.15) is 30.7 Å². The fourth-order valence-corrected chi connectivity index (χ4v) is 3.14. The summed E-state index contributed by atoms with van der Waals surface area (Å²) in [5, 5.41) is 1.27. The molecule has 0 aliphatic heterocycles. The molecule has 4 heteroatoms. The lowest BCUT2D eigenvalue weighted by Crippen LogP contribution is -2.47. The van der Waals surface area contributed by atoms with Crippen LogP contribution >= 0.6 is 23.2 Å². The first-order valence-electron chi connectivity index (χ1n) is 6.36. The monoisotopic (exact) mass is 286 g/mol. The molecular formula is C14H20Cl2N2. The van der Waals surface area contributed by atoms with E-state index in [0.29, 0.717) is 22.0 Å². The van der Waals surface area contributed by atoms with Gasteiger partial charge in [-0.1, -0.05) is 29.3 Å². The van der Waals surface area contributed by atoms with Gasteiger partial charge in [-0.25, -0.2) is 0 Å². The number of benzene rings is 1. The summed E-state index contributed by atoms with van der Waals surface area (Å²) in [5.41, 5.74) is 7.47. The van der Waals surface area contributed by atoms with Crippen LogP contribution in [0.3, 0.4) is 0 Å².